The lowest BCUT2D eigenvalue weighted by atomic mass is 9.98. The van der Waals surface area contributed by atoms with Gasteiger partial charge in [-0.3, -0.25) is 0 Å². The van der Waals surface area contributed by atoms with Gasteiger partial charge in [-0.1, -0.05) is 0 Å². The molecule has 0 radical (unpaired) electrons. The summed E-state index contributed by atoms with van der Waals surface area (Å²) in [7, 11) is 0. The van der Waals surface area contributed by atoms with E-state index in [-0.39, 0.29) is 12.4 Å². The number of nitrogens with one attached hydrogen (secondary N) is 1. The smallest absolute Gasteiger partial charge is 0.0624 e. The van der Waals surface area contributed by atoms with E-state index in [2.05, 4.69) is 11.4 Å². The van der Waals surface area contributed by atoms with Gasteiger partial charge in [0, 0.05) is 6.42 Å². The molecule has 0 bridgehead atoms. The Kier molecular flexibility index (Phi) is 6.30. The average Bonchev–Trinajstić information content (AvgIpc) is 2.17. The van der Waals surface area contributed by atoms with Crippen molar-refractivity contribution in [1.82, 2.24) is 5.32 Å². The molecule has 1 saturated heterocycles. The molecule has 1 aliphatic rings. The molecule has 1 aliphatic heterocycles. The molecule has 0 aliphatic carbocycles. The maximum absolute atomic E-state index is 8.44. The van der Waals surface area contributed by atoms with Crippen LogP contribution in [0.5, 0.6) is 0 Å². The molecule has 0 aromatic rings. The zero-order chi connectivity index (χ0) is 7.23. The van der Waals surface area contributed by atoms with Crippen LogP contribution in [0, 0.1) is 17.2 Å². The second kappa shape index (κ2) is 6.45. The van der Waals surface area contributed by atoms with E-state index in [0.717, 1.165) is 19.5 Å². The second-order valence-corrected chi connectivity index (χ2v) is 2.91. The Hall–Kier alpha value is -0.260. The fraction of sp³-hybridized carbons (Fsp3) is 0.875. The van der Waals surface area contributed by atoms with Gasteiger partial charge in [0.2, 0.25) is 0 Å². The Morgan fingerprint density at radius 2 is 2.18 bits per heavy atom. The molecule has 3 heteroatoms. The summed E-state index contributed by atoms with van der Waals surface area (Å²) in [6.45, 7) is 2.24. The number of rotatable bonds is 1. The van der Waals surface area contributed by atoms with Gasteiger partial charge in [0.1, 0.15) is 0 Å². The first kappa shape index (κ1) is 10.7. The molecule has 1 unspecified atom stereocenters. The molecule has 0 aromatic carbocycles. The van der Waals surface area contributed by atoms with Crippen LogP contribution >= 0.6 is 12.4 Å². The van der Waals surface area contributed by atoms with E-state index in [1.165, 1.54) is 19.3 Å². The number of halogens is 1. The molecular formula is C8H15ClN2. The zero-order valence-corrected chi connectivity index (χ0v) is 7.49. The van der Waals surface area contributed by atoms with E-state index < -0.39 is 0 Å². The van der Waals surface area contributed by atoms with Gasteiger partial charge < -0.3 is 5.32 Å². The topological polar surface area (TPSA) is 35.8 Å². The lowest BCUT2D eigenvalue weighted by Gasteiger charge is -2.06. The van der Waals surface area contributed by atoms with Crippen molar-refractivity contribution in [2.75, 3.05) is 13.1 Å². The molecule has 64 valence electrons. The van der Waals surface area contributed by atoms with E-state index in [9.17, 15) is 0 Å². The van der Waals surface area contributed by atoms with Crippen LogP contribution in [0.1, 0.15) is 25.7 Å². The predicted molar refractivity (Wildman–Crippen MR) is 47.7 cm³/mol. The molecule has 0 amide bonds. The molecule has 0 aromatic heterocycles. The van der Waals surface area contributed by atoms with Crippen molar-refractivity contribution in [3.8, 4) is 6.07 Å². The monoisotopic (exact) mass is 174 g/mol. The van der Waals surface area contributed by atoms with Crippen LogP contribution in [0.4, 0.5) is 0 Å². The Morgan fingerprint density at radius 1 is 1.36 bits per heavy atom. The first-order valence-corrected chi connectivity index (χ1v) is 4.01. The predicted octanol–water partition coefficient (Wildman–Crippen LogP) is 1.71. The highest BCUT2D eigenvalue weighted by Gasteiger charge is 2.10. The van der Waals surface area contributed by atoms with Crippen molar-refractivity contribution >= 4 is 12.4 Å². The Balaban J connectivity index is 0.000001000. The third kappa shape index (κ3) is 4.23. The van der Waals surface area contributed by atoms with Gasteiger partial charge in [-0.15, -0.1) is 12.4 Å². The first-order chi connectivity index (χ1) is 4.93. The highest BCUT2D eigenvalue weighted by Crippen LogP contribution is 2.15. The number of nitrogens with zero attached hydrogens (tertiary/aromatic N) is 1. The summed E-state index contributed by atoms with van der Waals surface area (Å²) in [5.74, 6) is 0.667. The van der Waals surface area contributed by atoms with Crippen molar-refractivity contribution < 1.29 is 0 Å². The van der Waals surface area contributed by atoms with Crippen molar-refractivity contribution in [2.45, 2.75) is 25.7 Å². The Morgan fingerprint density at radius 3 is 2.91 bits per heavy atom. The summed E-state index contributed by atoms with van der Waals surface area (Å²) < 4.78 is 0. The molecule has 1 fully saturated rings. The van der Waals surface area contributed by atoms with Crippen molar-refractivity contribution in [3.63, 3.8) is 0 Å². The number of nitriles is 1. The second-order valence-electron chi connectivity index (χ2n) is 2.91. The maximum Gasteiger partial charge on any atom is 0.0624 e. The molecule has 0 saturated carbocycles. The maximum atomic E-state index is 8.44. The molecule has 1 N–H and O–H groups in total. The van der Waals surface area contributed by atoms with Gasteiger partial charge in [-0.2, -0.15) is 5.26 Å². The van der Waals surface area contributed by atoms with Gasteiger partial charge >= 0.3 is 0 Å². The van der Waals surface area contributed by atoms with E-state index in [1.54, 1.807) is 0 Å². The summed E-state index contributed by atoms with van der Waals surface area (Å²) in [5, 5.41) is 11.8. The van der Waals surface area contributed by atoms with Gasteiger partial charge in [0.25, 0.3) is 0 Å². The highest BCUT2D eigenvalue weighted by molar-refractivity contribution is 5.85. The normalized spacial score (nSPS) is 24.5. The molecule has 11 heavy (non-hydrogen) atoms. The minimum absolute atomic E-state index is 0. The summed E-state index contributed by atoms with van der Waals surface area (Å²) in [6, 6.07) is 2.24. The van der Waals surface area contributed by atoms with Crippen LogP contribution < -0.4 is 5.32 Å². The summed E-state index contributed by atoms with van der Waals surface area (Å²) in [6.07, 6.45) is 4.42. The minimum atomic E-state index is 0. The highest BCUT2D eigenvalue weighted by atomic mass is 35.5. The van der Waals surface area contributed by atoms with Gasteiger partial charge in [-0.25, -0.2) is 0 Å². The quantitative estimate of drug-likeness (QED) is 0.657. The Labute approximate surface area is 74.4 Å². The zero-order valence-electron chi connectivity index (χ0n) is 6.68. The standard InChI is InChI=1S/C8H14N2.ClH/c9-5-3-8-2-1-6-10-7-4-8;/h8,10H,1-4,6-7H2;1H. The van der Waals surface area contributed by atoms with Crippen LogP contribution in [0.2, 0.25) is 0 Å². The number of hydrogen-bond acceptors (Lipinski definition) is 2. The van der Waals surface area contributed by atoms with Crippen molar-refractivity contribution in [2.24, 2.45) is 5.92 Å². The Bertz CT molecular complexity index is 123. The van der Waals surface area contributed by atoms with Gasteiger partial charge in [-0.05, 0) is 38.3 Å². The van der Waals surface area contributed by atoms with Crippen molar-refractivity contribution in [3.05, 3.63) is 0 Å². The lowest BCUT2D eigenvalue weighted by molar-refractivity contribution is 0.483. The molecular weight excluding hydrogens is 160 g/mol. The summed E-state index contributed by atoms with van der Waals surface area (Å²) in [4.78, 5) is 0. The van der Waals surface area contributed by atoms with E-state index in [0.29, 0.717) is 5.92 Å². The van der Waals surface area contributed by atoms with Crippen LogP contribution in [-0.4, -0.2) is 13.1 Å². The molecule has 1 atom stereocenters. The molecule has 1 heterocycles. The van der Waals surface area contributed by atoms with Crippen LogP contribution in [-0.2, 0) is 0 Å². The van der Waals surface area contributed by atoms with Crippen molar-refractivity contribution in [1.29, 1.82) is 5.26 Å². The fourth-order valence-corrected chi connectivity index (χ4v) is 1.42. The van der Waals surface area contributed by atoms with Crippen LogP contribution in [0.25, 0.3) is 0 Å². The summed E-state index contributed by atoms with van der Waals surface area (Å²) in [5.41, 5.74) is 0. The van der Waals surface area contributed by atoms with Crippen LogP contribution in [0.15, 0.2) is 0 Å². The average molecular weight is 175 g/mol. The van der Waals surface area contributed by atoms with Crippen LogP contribution in [0.3, 0.4) is 0 Å². The van der Waals surface area contributed by atoms with E-state index in [1.807, 2.05) is 0 Å². The van der Waals surface area contributed by atoms with E-state index in [4.69, 9.17) is 5.26 Å². The number of hydrogen-bond donors (Lipinski definition) is 1. The fourth-order valence-electron chi connectivity index (χ4n) is 1.42. The molecule has 2 nitrogen and oxygen atoms in total. The first-order valence-electron chi connectivity index (χ1n) is 4.01. The third-order valence-electron chi connectivity index (χ3n) is 2.08. The third-order valence-corrected chi connectivity index (χ3v) is 2.08. The summed E-state index contributed by atoms with van der Waals surface area (Å²) >= 11 is 0. The SMILES string of the molecule is Cl.N#CCC1CCCNCC1. The minimum Gasteiger partial charge on any atom is -0.317 e. The van der Waals surface area contributed by atoms with Gasteiger partial charge in [0.15, 0.2) is 0 Å². The van der Waals surface area contributed by atoms with Gasteiger partial charge in [0.05, 0.1) is 6.07 Å². The van der Waals surface area contributed by atoms with E-state index >= 15 is 0 Å². The molecule has 1 rings (SSSR count). The largest absolute Gasteiger partial charge is 0.317 e. The lowest BCUT2D eigenvalue weighted by Crippen LogP contribution is -2.13. The molecule has 0 spiro atoms.